The molecule has 0 aliphatic heterocycles. The normalized spacial score (nSPS) is 11.3. The Balaban J connectivity index is 1.21. The fourth-order valence-corrected chi connectivity index (χ4v) is 7.74. The van der Waals surface area contributed by atoms with Gasteiger partial charge in [-0.3, -0.25) is 9.97 Å². The molecule has 242 valence electrons. The number of aromatic nitrogens is 4. The van der Waals surface area contributed by atoms with E-state index in [4.69, 9.17) is 9.97 Å². The molecule has 0 N–H and O–H groups in total. The molecular formula is C46H32N4S. The van der Waals surface area contributed by atoms with Crippen LogP contribution in [-0.2, 0) is 0 Å². The fourth-order valence-electron chi connectivity index (χ4n) is 6.59. The smallest absolute Gasteiger partial charge is 0.160 e. The summed E-state index contributed by atoms with van der Waals surface area (Å²) in [5.74, 6) is 0.706. The molecule has 5 heteroatoms. The Labute approximate surface area is 300 Å². The van der Waals surface area contributed by atoms with Crippen LogP contribution in [0, 0.1) is 13.8 Å². The summed E-state index contributed by atoms with van der Waals surface area (Å²) in [6, 6.07) is 51.5. The summed E-state index contributed by atoms with van der Waals surface area (Å²) in [4.78, 5) is 19.6. The third-order valence-corrected chi connectivity index (χ3v) is 10.6. The highest BCUT2D eigenvalue weighted by Gasteiger charge is 2.18. The largest absolute Gasteiger partial charge is 0.261 e. The monoisotopic (exact) mass is 672 g/mol. The summed E-state index contributed by atoms with van der Waals surface area (Å²) in [7, 11) is 0. The third-order valence-electron chi connectivity index (χ3n) is 9.38. The lowest BCUT2D eigenvalue weighted by molar-refractivity contribution is 1.20. The average Bonchev–Trinajstić information content (AvgIpc) is 3.57. The van der Waals surface area contributed by atoms with E-state index in [1.165, 1.54) is 4.70 Å². The number of hydrogen-bond donors (Lipinski definition) is 0. The SMILES string of the molecule is Cc1ccc(-c2ccc(-c3cc(-c4ccc(-c5ccc(C)nc5)cc4)cc(-c4nc(-c5ccccc5)c5sc6ccccc6c5n4)c3)cc2)cn1. The molecule has 4 heterocycles. The van der Waals surface area contributed by atoms with Gasteiger partial charge in [0.05, 0.1) is 15.9 Å². The summed E-state index contributed by atoms with van der Waals surface area (Å²) in [5.41, 5.74) is 14.9. The number of thiophene rings is 1. The van der Waals surface area contributed by atoms with Crippen LogP contribution in [0.5, 0.6) is 0 Å². The number of fused-ring (bicyclic) bond motifs is 3. The number of nitrogens with zero attached hydrogens (tertiary/aromatic N) is 4. The number of rotatable bonds is 6. The topological polar surface area (TPSA) is 51.6 Å². The van der Waals surface area contributed by atoms with Crippen LogP contribution < -0.4 is 0 Å². The van der Waals surface area contributed by atoms with Crippen molar-refractivity contribution in [2.45, 2.75) is 13.8 Å². The summed E-state index contributed by atoms with van der Waals surface area (Å²) in [6.07, 6.45) is 3.87. The Hall–Kier alpha value is -6.30. The first kappa shape index (κ1) is 30.7. The number of benzene rings is 5. The minimum Gasteiger partial charge on any atom is -0.261 e. The molecule has 9 aromatic rings. The molecule has 0 saturated heterocycles. The molecule has 0 spiro atoms. The van der Waals surface area contributed by atoms with Gasteiger partial charge in [0.15, 0.2) is 5.82 Å². The van der Waals surface area contributed by atoms with Crippen LogP contribution in [0.1, 0.15) is 11.4 Å². The number of hydrogen-bond acceptors (Lipinski definition) is 5. The van der Waals surface area contributed by atoms with Gasteiger partial charge in [0.1, 0.15) is 0 Å². The highest BCUT2D eigenvalue weighted by molar-refractivity contribution is 7.26. The van der Waals surface area contributed by atoms with E-state index in [1.807, 2.05) is 32.3 Å². The first-order chi connectivity index (χ1) is 25.1. The first-order valence-electron chi connectivity index (χ1n) is 17.0. The van der Waals surface area contributed by atoms with Crippen molar-refractivity contribution in [2.75, 3.05) is 0 Å². The Morgan fingerprint density at radius 1 is 0.412 bits per heavy atom. The van der Waals surface area contributed by atoms with Gasteiger partial charge in [-0.15, -0.1) is 11.3 Å². The molecule has 0 aliphatic carbocycles. The lowest BCUT2D eigenvalue weighted by atomic mass is 9.94. The second kappa shape index (κ2) is 12.9. The van der Waals surface area contributed by atoms with Crippen LogP contribution >= 0.6 is 11.3 Å². The predicted octanol–water partition coefficient (Wildman–Crippen LogP) is 12.3. The van der Waals surface area contributed by atoms with E-state index >= 15 is 0 Å². The van der Waals surface area contributed by atoms with E-state index < -0.39 is 0 Å². The zero-order chi connectivity index (χ0) is 34.3. The van der Waals surface area contributed by atoms with Gasteiger partial charge in [-0.1, -0.05) is 109 Å². The quantitative estimate of drug-likeness (QED) is 0.176. The van der Waals surface area contributed by atoms with Crippen LogP contribution in [-0.4, -0.2) is 19.9 Å². The minimum atomic E-state index is 0.706. The lowest BCUT2D eigenvalue weighted by Gasteiger charge is -2.13. The second-order valence-electron chi connectivity index (χ2n) is 12.9. The maximum atomic E-state index is 5.31. The van der Waals surface area contributed by atoms with Gasteiger partial charge in [0.2, 0.25) is 0 Å². The molecule has 51 heavy (non-hydrogen) atoms. The first-order valence-corrected chi connectivity index (χ1v) is 17.8. The van der Waals surface area contributed by atoms with Crippen molar-refractivity contribution in [1.82, 2.24) is 19.9 Å². The molecule has 0 unspecified atom stereocenters. The summed E-state index contributed by atoms with van der Waals surface area (Å²) in [6.45, 7) is 4.02. The molecule has 5 aromatic carbocycles. The van der Waals surface area contributed by atoms with Gasteiger partial charge in [-0.2, -0.15) is 0 Å². The van der Waals surface area contributed by atoms with Gasteiger partial charge in [0, 0.05) is 56.1 Å². The van der Waals surface area contributed by atoms with Crippen molar-refractivity contribution < 1.29 is 0 Å². The highest BCUT2D eigenvalue weighted by Crippen LogP contribution is 2.40. The van der Waals surface area contributed by atoms with Crippen molar-refractivity contribution in [3.8, 4) is 67.2 Å². The van der Waals surface area contributed by atoms with Crippen LogP contribution in [0.2, 0.25) is 0 Å². The molecule has 0 aliphatic rings. The van der Waals surface area contributed by atoms with E-state index in [9.17, 15) is 0 Å². The summed E-state index contributed by atoms with van der Waals surface area (Å²) in [5, 5.41) is 1.15. The molecule has 4 nitrogen and oxygen atoms in total. The van der Waals surface area contributed by atoms with Gasteiger partial charge in [-0.25, -0.2) is 9.97 Å². The van der Waals surface area contributed by atoms with Gasteiger partial charge >= 0.3 is 0 Å². The maximum absolute atomic E-state index is 5.31. The molecule has 0 saturated carbocycles. The van der Waals surface area contributed by atoms with Crippen molar-refractivity contribution >= 4 is 31.6 Å². The minimum absolute atomic E-state index is 0.706. The van der Waals surface area contributed by atoms with Gasteiger partial charge in [0.25, 0.3) is 0 Å². The van der Waals surface area contributed by atoms with Crippen LogP contribution in [0.25, 0.3) is 87.5 Å². The van der Waals surface area contributed by atoms with E-state index in [-0.39, 0.29) is 0 Å². The Bertz CT molecular complexity index is 2550. The van der Waals surface area contributed by atoms with Gasteiger partial charge in [-0.05, 0) is 83.6 Å². The van der Waals surface area contributed by atoms with Crippen molar-refractivity contribution in [3.63, 3.8) is 0 Å². The van der Waals surface area contributed by atoms with Crippen molar-refractivity contribution in [2.24, 2.45) is 0 Å². The molecule has 4 aromatic heterocycles. The standard InChI is InChI=1S/C46H32N4S/c1-29-12-14-36(27-47-29)31-16-20-33(21-17-31)38-24-39(34-22-18-32(19-23-34)37-15-13-30(2)48-28-37)26-40(25-38)46-49-43(35-8-4-3-5-9-35)45-44(50-46)41-10-6-7-11-42(41)51-45/h3-28H,1-2H3. The molecular weight excluding hydrogens is 641 g/mol. The van der Waals surface area contributed by atoms with E-state index in [0.717, 1.165) is 88.3 Å². The fraction of sp³-hybridized carbons (Fsp3) is 0.0435. The van der Waals surface area contributed by atoms with E-state index in [0.29, 0.717) is 5.82 Å². The molecule has 0 amide bonds. The average molecular weight is 673 g/mol. The summed E-state index contributed by atoms with van der Waals surface area (Å²) >= 11 is 1.75. The van der Waals surface area contributed by atoms with Crippen LogP contribution in [0.3, 0.4) is 0 Å². The zero-order valence-electron chi connectivity index (χ0n) is 28.2. The van der Waals surface area contributed by atoms with Crippen molar-refractivity contribution in [3.05, 3.63) is 169 Å². The molecule has 9 rings (SSSR count). The number of pyridine rings is 2. The molecule has 0 atom stereocenters. The summed E-state index contributed by atoms with van der Waals surface area (Å²) < 4.78 is 2.31. The maximum Gasteiger partial charge on any atom is 0.160 e. The predicted molar refractivity (Wildman–Crippen MR) is 213 cm³/mol. The molecule has 0 radical (unpaired) electrons. The van der Waals surface area contributed by atoms with Crippen LogP contribution in [0.4, 0.5) is 0 Å². The zero-order valence-corrected chi connectivity index (χ0v) is 29.0. The van der Waals surface area contributed by atoms with Gasteiger partial charge < -0.3 is 0 Å². The van der Waals surface area contributed by atoms with Crippen LogP contribution in [0.15, 0.2) is 158 Å². The Kier molecular flexibility index (Phi) is 7.75. The third kappa shape index (κ3) is 5.98. The lowest BCUT2D eigenvalue weighted by Crippen LogP contribution is -1.95. The van der Waals surface area contributed by atoms with E-state index in [2.05, 4.69) is 149 Å². The highest BCUT2D eigenvalue weighted by atomic mass is 32.1. The second-order valence-corrected chi connectivity index (χ2v) is 13.9. The van der Waals surface area contributed by atoms with Crippen molar-refractivity contribution in [1.29, 1.82) is 0 Å². The molecule has 0 bridgehead atoms. The Morgan fingerprint density at radius 2 is 0.902 bits per heavy atom. The Morgan fingerprint density at radius 3 is 1.45 bits per heavy atom. The van der Waals surface area contributed by atoms with E-state index in [1.54, 1.807) is 11.3 Å². The number of aryl methyl sites for hydroxylation is 2. The molecule has 0 fully saturated rings.